The van der Waals surface area contributed by atoms with Crippen LogP contribution >= 0.6 is 11.6 Å². The van der Waals surface area contributed by atoms with Crippen LogP contribution in [0, 0.1) is 5.92 Å². The van der Waals surface area contributed by atoms with E-state index in [0.717, 1.165) is 17.3 Å². The number of benzene rings is 2. The molecule has 3 aromatic heterocycles. The van der Waals surface area contributed by atoms with Crippen molar-refractivity contribution in [3.05, 3.63) is 53.3 Å². The summed E-state index contributed by atoms with van der Waals surface area (Å²) in [7, 11) is 0. The second-order valence-corrected chi connectivity index (χ2v) is 13.2. The van der Waals surface area contributed by atoms with E-state index in [9.17, 15) is 14.7 Å². The minimum Gasteiger partial charge on any atom is -0.480 e. The van der Waals surface area contributed by atoms with E-state index in [1.54, 1.807) is 4.90 Å². The van der Waals surface area contributed by atoms with Gasteiger partial charge in [0.05, 0.1) is 24.2 Å². The van der Waals surface area contributed by atoms with Crippen LogP contribution in [-0.4, -0.2) is 86.4 Å². The Hall–Kier alpha value is -4.42. The molecule has 4 aliphatic heterocycles. The van der Waals surface area contributed by atoms with Crippen LogP contribution in [0.5, 0.6) is 6.01 Å². The first-order valence-corrected chi connectivity index (χ1v) is 16.6. The Morgan fingerprint density at radius 3 is 2.79 bits per heavy atom. The molecule has 2 fully saturated rings. The van der Waals surface area contributed by atoms with E-state index in [0.29, 0.717) is 90.4 Å². The molecule has 2 saturated heterocycles. The molecule has 4 aliphatic rings. The molecule has 12 nitrogen and oxygen atoms in total. The van der Waals surface area contributed by atoms with Crippen molar-refractivity contribution in [1.82, 2.24) is 24.4 Å². The molecule has 1 unspecified atom stereocenters. The van der Waals surface area contributed by atoms with Crippen LogP contribution in [0.3, 0.4) is 0 Å². The molecule has 47 heavy (non-hydrogen) atoms. The van der Waals surface area contributed by atoms with Crippen molar-refractivity contribution < 1.29 is 28.6 Å². The van der Waals surface area contributed by atoms with Crippen molar-refractivity contribution in [2.75, 3.05) is 37.7 Å². The average Bonchev–Trinajstić information content (AvgIpc) is 3.75. The fourth-order valence-corrected chi connectivity index (χ4v) is 7.54. The quantitative estimate of drug-likeness (QED) is 0.254. The number of rotatable bonds is 1. The number of piperidine rings is 1. The number of amides is 1. The molecular formula is C34H35ClN6O6. The first-order chi connectivity index (χ1) is 22.8. The van der Waals surface area contributed by atoms with E-state index in [4.69, 9.17) is 40.4 Å². The third kappa shape index (κ3) is 5.42. The number of hydrogen-bond donors (Lipinski definition) is 1. The number of nitrogens with zero attached hydrogens (tertiary/aromatic N) is 6. The number of carboxylic acids is 1. The molecule has 13 heteroatoms. The summed E-state index contributed by atoms with van der Waals surface area (Å²) < 4.78 is 21.0. The number of carbonyl (C=O) groups is 2. The lowest BCUT2D eigenvalue weighted by atomic mass is 9.93. The van der Waals surface area contributed by atoms with Crippen molar-refractivity contribution in [2.45, 2.75) is 57.2 Å². The number of furan rings is 1. The third-order valence-corrected chi connectivity index (χ3v) is 9.89. The van der Waals surface area contributed by atoms with Gasteiger partial charge in [0.2, 0.25) is 5.91 Å². The lowest BCUT2D eigenvalue weighted by molar-refractivity contribution is -0.138. The smallest absolute Gasteiger partial charge is 0.326 e. The van der Waals surface area contributed by atoms with Gasteiger partial charge in [-0.1, -0.05) is 30.7 Å². The molecular weight excluding hydrogens is 624 g/mol. The van der Waals surface area contributed by atoms with Crippen LogP contribution in [0.1, 0.15) is 44.5 Å². The maximum absolute atomic E-state index is 13.2. The Morgan fingerprint density at radius 1 is 1.06 bits per heavy atom. The standard InChI is InChI=1S/C34H35ClN6O6/c1-19-17-39-12-10-24(19)41-25-9-8-20(35)15-23(25)36-34(41)46-21-16-26(33(43)44)40(18-21)32-31-30(22-5-2-3-6-27(22)47-31)37-28(38-32)11-14-45-13-4-7-29(39)42/h2-3,5-6,8-9,15,19,21,24,26H,4,7,10-14,16-18H2,1H3,(H,43,44)/t19-,21+,24?,26+/m1/s1. The molecule has 5 aromatic rings. The van der Waals surface area contributed by atoms with Gasteiger partial charge < -0.3 is 28.8 Å². The van der Waals surface area contributed by atoms with Gasteiger partial charge in [-0.2, -0.15) is 4.98 Å². The largest absolute Gasteiger partial charge is 0.480 e. The predicted molar refractivity (Wildman–Crippen MR) is 175 cm³/mol. The highest BCUT2D eigenvalue weighted by Gasteiger charge is 2.42. The van der Waals surface area contributed by atoms with Gasteiger partial charge in [0.1, 0.15) is 29.1 Å². The molecule has 0 saturated carbocycles. The van der Waals surface area contributed by atoms with E-state index in [-0.39, 0.29) is 30.8 Å². The molecule has 244 valence electrons. The molecule has 7 heterocycles. The van der Waals surface area contributed by atoms with E-state index in [1.807, 2.05) is 47.4 Å². The first kappa shape index (κ1) is 29.9. The van der Waals surface area contributed by atoms with Gasteiger partial charge in [-0.15, -0.1) is 0 Å². The van der Waals surface area contributed by atoms with Crippen molar-refractivity contribution in [3.8, 4) is 6.01 Å². The van der Waals surface area contributed by atoms with Gasteiger partial charge in [-0.3, -0.25) is 9.36 Å². The highest BCUT2D eigenvalue weighted by Crippen LogP contribution is 2.40. The van der Waals surface area contributed by atoms with Crippen molar-refractivity contribution in [2.24, 2.45) is 5.92 Å². The summed E-state index contributed by atoms with van der Waals surface area (Å²) in [4.78, 5) is 44.2. The molecule has 1 amide bonds. The number of para-hydroxylation sites is 1. The predicted octanol–water partition coefficient (Wildman–Crippen LogP) is 5.25. The van der Waals surface area contributed by atoms with E-state index >= 15 is 0 Å². The van der Waals surface area contributed by atoms with Crippen LogP contribution in [-0.2, 0) is 20.7 Å². The number of carbonyl (C=O) groups excluding carboxylic acids is 1. The van der Waals surface area contributed by atoms with Crippen molar-refractivity contribution >= 4 is 62.4 Å². The molecule has 0 spiro atoms. The topological polar surface area (TPSA) is 136 Å². The Labute approximate surface area is 275 Å². The number of fused-ring (bicyclic) bond motifs is 12. The van der Waals surface area contributed by atoms with E-state index in [1.165, 1.54) is 0 Å². The maximum atomic E-state index is 13.2. The maximum Gasteiger partial charge on any atom is 0.326 e. The molecule has 1 N–H and O–H groups in total. The van der Waals surface area contributed by atoms with Gasteiger partial charge in [0, 0.05) is 55.4 Å². The number of imidazole rings is 1. The fourth-order valence-electron chi connectivity index (χ4n) is 7.37. The molecule has 0 radical (unpaired) electrons. The fraction of sp³-hybridized carbons (Fsp3) is 0.441. The van der Waals surface area contributed by atoms with Crippen LogP contribution in [0.2, 0.25) is 5.02 Å². The summed E-state index contributed by atoms with van der Waals surface area (Å²) in [5, 5.41) is 11.8. The zero-order valence-corrected chi connectivity index (χ0v) is 26.7. The van der Waals surface area contributed by atoms with E-state index < -0.39 is 18.1 Å². The number of anilines is 1. The summed E-state index contributed by atoms with van der Waals surface area (Å²) in [5.74, 6) is 0.212. The Bertz CT molecular complexity index is 2010. The number of hydrogen-bond acceptors (Lipinski definition) is 9. The summed E-state index contributed by atoms with van der Waals surface area (Å²) in [6, 6.07) is 12.7. The molecule has 0 aliphatic carbocycles. The van der Waals surface area contributed by atoms with Gasteiger partial charge >= 0.3 is 5.97 Å². The highest BCUT2D eigenvalue weighted by molar-refractivity contribution is 6.31. The summed E-state index contributed by atoms with van der Waals surface area (Å²) in [6.07, 6.45) is 1.89. The number of carboxylic acid groups (broad SMARTS) is 1. The van der Waals surface area contributed by atoms with Gasteiger partial charge in [-0.05, 0) is 49.1 Å². The summed E-state index contributed by atoms with van der Waals surface area (Å²) in [6.45, 7) is 4.46. The first-order valence-electron chi connectivity index (χ1n) is 16.2. The van der Waals surface area contributed by atoms with Crippen molar-refractivity contribution in [3.63, 3.8) is 0 Å². The second kappa shape index (κ2) is 12.0. The van der Waals surface area contributed by atoms with Crippen LogP contribution in [0.15, 0.2) is 46.9 Å². The van der Waals surface area contributed by atoms with Crippen LogP contribution in [0.4, 0.5) is 5.82 Å². The zero-order chi connectivity index (χ0) is 32.2. The Kier molecular flexibility index (Phi) is 7.64. The van der Waals surface area contributed by atoms with Gasteiger partial charge in [-0.25, -0.2) is 14.8 Å². The molecule has 2 aromatic carbocycles. The highest BCUT2D eigenvalue weighted by atomic mass is 35.5. The summed E-state index contributed by atoms with van der Waals surface area (Å²) in [5.41, 5.74) is 3.29. The summed E-state index contributed by atoms with van der Waals surface area (Å²) >= 11 is 6.37. The molecule has 6 bridgehead atoms. The Balaban J connectivity index is 1.23. The molecule has 4 atom stereocenters. The lowest BCUT2D eigenvalue weighted by Crippen LogP contribution is -2.43. The minimum absolute atomic E-state index is 0.0153. The number of halogens is 1. The monoisotopic (exact) mass is 658 g/mol. The lowest BCUT2D eigenvalue weighted by Gasteiger charge is -2.38. The zero-order valence-electron chi connectivity index (χ0n) is 26.0. The normalized spacial score (nSPS) is 24.2. The van der Waals surface area contributed by atoms with Crippen LogP contribution < -0.4 is 9.64 Å². The average molecular weight is 659 g/mol. The Morgan fingerprint density at radius 2 is 1.94 bits per heavy atom. The number of aromatic nitrogens is 4. The number of ether oxygens (including phenoxy) is 2. The third-order valence-electron chi connectivity index (χ3n) is 9.65. The van der Waals surface area contributed by atoms with Crippen molar-refractivity contribution in [1.29, 1.82) is 0 Å². The SMILES string of the molecule is C[C@@H]1CN2CCC1n1c(nc3cc(Cl)ccc31)O[C@H]1C[C@@H](C(=O)O)N(C1)c1nc(nc3c1oc1ccccc13)CCOCCCC2=O. The van der Waals surface area contributed by atoms with Crippen LogP contribution in [0.25, 0.3) is 33.1 Å². The number of aliphatic carboxylic acids is 1. The van der Waals surface area contributed by atoms with Gasteiger partial charge in [0.15, 0.2) is 11.4 Å². The van der Waals surface area contributed by atoms with E-state index in [2.05, 4.69) is 11.5 Å². The van der Waals surface area contributed by atoms with Gasteiger partial charge in [0.25, 0.3) is 6.01 Å². The second-order valence-electron chi connectivity index (χ2n) is 12.8. The minimum atomic E-state index is -0.979. The molecule has 9 rings (SSSR count).